The summed E-state index contributed by atoms with van der Waals surface area (Å²) in [7, 11) is -2.96. The molecule has 0 aliphatic carbocycles. The molecular weight excluding hydrogens is 600 g/mol. The van der Waals surface area contributed by atoms with Crippen LogP contribution in [0.1, 0.15) is 26.7 Å². The van der Waals surface area contributed by atoms with E-state index in [4.69, 9.17) is 0 Å². The minimum atomic E-state index is -2.96. The van der Waals surface area contributed by atoms with E-state index in [2.05, 4.69) is 47.5 Å². The molecule has 2 aromatic rings. The average Bonchev–Trinajstić information content (AvgIpc) is 2.81. The lowest BCUT2D eigenvalue weighted by Crippen LogP contribution is -2.45. The number of amides is 2. The Bertz CT molecular complexity index is 1060. The maximum Gasteiger partial charge on any atom is 0.321 e. The Kier molecular flexibility index (Phi) is 14.7. The van der Waals surface area contributed by atoms with Gasteiger partial charge in [-0.25, -0.2) is 18.0 Å². The summed E-state index contributed by atoms with van der Waals surface area (Å²) in [5, 5.41) is 6.03. The maximum absolute atomic E-state index is 11.9. The van der Waals surface area contributed by atoms with Crippen LogP contribution in [0.25, 0.3) is 0 Å². The third-order valence-corrected chi connectivity index (χ3v) is 7.49. The second kappa shape index (κ2) is 16.6. The minimum absolute atomic E-state index is 0. The first-order valence-corrected chi connectivity index (χ1v) is 14.3. The van der Waals surface area contributed by atoms with Gasteiger partial charge in [-0.2, -0.15) is 4.99 Å². The molecule has 0 aromatic heterocycles. The van der Waals surface area contributed by atoms with Gasteiger partial charge in [-0.15, -0.1) is 0 Å². The number of hydrogen-bond acceptors (Lipinski definition) is 6. The average molecular weight is 632 g/mol. The van der Waals surface area contributed by atoms with Crippen LogP contribution < -0.4 is 10.6 Å². The summed E-state index contributed by atoms with van der Waals surface area (Å²) in [5.74, 6) is 0.0812. The highest BCUT2D eigenvalue weighted by molar-refractivity contribution is 9.10. The topological polar surface area (TPSA) is 108 Å². The molecule has 0 saturated carbocycles. The van der Waals surface area contributed by atoms with Crippen molar-refractivity contribution >= 4 is 65.2 Å². The molecule has 192 valence electrons. The van der Waals surface area contributed by atoms with Gasteiger partial charge in [-0.1, -0.05) is 57.8 Å². The van der Waals surface area contributed by atoms with Crippen molar-refractivity contribution in [1.29, 1.82) is 0 Å². The van der Waals surface area contributed by atoms with Crippen LogP contribution in [-0.4, -0.2) is 63.1 Å². The number of sulfone groups is 1. The fraction of sp³-hybridized carbons (Fsp3) is 0.417. The van der Waals surface area contributed by atoms with E-state index in [1.54, 1.807) is 30.3 Å². The molecule has 8 nitrogen and oxygen atoms in total. The van der Waals surface area contributed by atoms with Crippen LogP contribution in [0.4, 0.5) is 16.2 Å². The smallest absolute Gasteiger partial charge is 0.321 e. The molecule has 2 aromatic carbocycles. The van der Waals surface area contributed by atoms with Crippen molar-refractivity contribution < 1.29 is 18.0 Å². The molecule has 0 unspecified atom stereocenters. The van der Waals surface area contributed by atoms with Gasteiger partial charge >= 0.3 is 6.03 Å². The summed E-state index contributed by atoms with van der Waals surface area (Å²) >= 11 is 6.56. The molecule has 35 heavy (non-hydrogen) atoms. The molecule has 2 fully saturated rings. The molecule has 2 aliphatic heterocycles. The molecule has 0 atom stereocenters. The van der Waals surface area contributed by atoms with Crippen LogP contribution in [0.5, 0.6) is 0 Å². The van der Waals surface area contributed by atoms with Crippen molar-refractivity contribution in [1.82, 2.24) is 10.2 Å². The second-order valence-electron chi connectivity index (χ2n) is 7.57. The third-order valence-electron chi connectivity index (χ3n) is 4.90. The summed E-state index contributed by atoms with van der Waals surface area (Å²) in [4.78, 5) is 26.6. The number of nitrogens with one attached hydrogen (secondary N) is 2. The SMILES string of the molecule is C.C1CCNCC1.O=C(Nc1cccc(Br)c1)N1CCS(=O)(=O)CC1.O=C=Nc1cccc(Br)c1. The zero-order valence-electron chi connectivity index (χ0n) is 18.7. The second-order valence-corrected chi connectivity index (χ2v) is 11.7. The van der Waals surface area contributed by atoms with E-state index < -0.39 is 9.84 Å². The molecule has 11 heteroatoms. The normalized spacial score (nSPS) is 16.0. The van der Waals surface area contributed by atoms with Crippen molar-refractivity contribution in [2.75, 3.05) is 43.0 Å². The van der Waals surface area contributed by atoms with E-state index in [0.29, 0.717) is 11.4 Å². The molecule has 2 N–H and O–H groups in total. The standard InChI is InChI=1S/C11H13BrN2O3S.C7H4BrNO.C5H11N.CH4/c12-9-2-1-3-10(8-9)13-11(15)14-4-6-18(16,17)7-5-14;8-6-2-1-3-7(4-6)9-5-10;1-2-4-6-5-3-1;/h1-3,8H,4-7H2,(H,13,15);1-4H;6H,1-5H2;1H4. The number of isocyanates is 1. The van der Waals surface area contributed by atoms with E-state index in [0.717, 1.165) is 8.95 Å². The van der Waals surface area contributed by atoms with Gasteiger partial charge in [-0.05, 0) is 62.3 Å². The van der Waals surface area contributed by atoms with E-state index in [-0.39, 0.29) is 38.1 Å². The van der Waals surface area contributed by atoms with Gasteiger partial charge in [0.15, 0.2) is 9.84 Å². The predicted molar refractivity (Wildman–Crippen MR) is 149 cm³/mol. The Labute approximate surface area is 224 Å². The fourth-order valence-corrected chi connectivity index (χ4v) is 5.07. The van der Waals surface area contributed by atoms with Crippen molar-refractivity contribution in [3.63, 3.8) is 0 Å². The zero-order chi connectivity index (χ0) is 24.8. The van der Waals surface area contributed by atoms with Crippen molar-refractivity contribution in [3.8, 4) is 0 Å². The highest BCUT2D eigenvalue weighted by Gasteiger charge is 2.24. The number of aliphatic imine (C=N–C) groups is 1. The predicted octanol–water partition coefficient (Wildman–Crippen LogP) is 5.52. The van der Waals surface area contributed by atoms with Crippen molar-refractivity contribution in [3.05, 3.63) is 57.5 Å². The first-order valence-electron chi connectivity index (χ1n) is 10.9. The number of carbonyl (C=O) groups is 1. The van der Waals surface area contributed by atoms with Crippen molar-refractivity contribution in [2.24, 2.45) is 4.99 Å². The lowest BCUT2D eigenvalue weighted by atomic mass is 10.2. The number of nitrogens with zero attached hydrogens (tertiary/aromatic N) is 2. The molecule has 2 aliphatic rings. The van der Waals surface area contributed by atoms with Gasteiger partial charge in [0.25, 0.3) is 0 Å². The highest BCUT2D eigenvalue weighted by atomic mass is 79.9. The molecular formula is C24H32Br2N4O4S. The lowest BCUT2D eigenvalue weighted by molar-refractivity contribution is 0.216. The maximum atomic E-state index is 11.9. The van der Waals surface area contributed by atoms with Crippen LogP contribution >= 0.6 is 31.9 Å². The molecule has 0 spiro atoms. The zero-order valence-corrected chi connectivity index (χ0v) is 22.7. The highest BCUT2D eigenvalue weighted by Crippen LogP contribution is 2.17. The summed E-state index contributed by atoms with van der Waals surface area (Å²) < 4.78 is 24.3. The molecule has 0 bridgehead atoms. The van der Waals surface area contributed by atoms with Crippen molar-refractivity contribution in [2.45, 2.75) is 26.7 Å². The molecule has 0 radical (unpaired) electrons. The Morgan fingerprint density at radius 2 is 1.57 bits per heavy atom. The number of hydrogen-bond donors (Lipinski definition) is 2. The van der Waals surface area contributed by atoms with E-state index >= 15 is 0 Å². The van der Waals surface area contributed by atoms with Crippen LogP contribution in [0.2, 0.25) is 0 Å². The fourth-order valence-electron chi connectivity index (χ4n) is 3.08. The van der Waals surface area contributed by atoms with E-state index in [1.165, 1.54) is 43.3 Å². The molecule has 2 saturated heterocycles. The Morgan fingerprint density at radius 3 is 2.06 bits per heavy atom. The third kappa shape index (κ3) is 13.0. The van der Waals surface area contributed by atoms with Gasteiger partial charge in [0, 0.05) is 27.7 Å². The number of benzene rings is 2. The van der Waals surface area contributed by atoms with Gasteiger partial charge in [0.05, 0.1) is 17.2 Å². The Hall–Kier alpha value is -2.04. The first kappa shape index (κ1) is 31.0. The summed E-state index contributed by atoms with van der Waals surface area (Å²) in [5.41, 5.74) is 1.30. The largest absolute Gasteiger partial charge is 0.322 e. The number of urea groups is 1. The summed E-state index contributed by atoms with van der Waals surface area (Å²) in [6.45, 7) is 3.00. The number of piperidine rings is 1. The molecule has 2 heterocycles. The first-order chi connectivity index (χ1) is 16.3. The Balaban J connectivity index is 0.000000302. The van der Waals surface area contributed by atoms with E-state index in [1.807, 2.05) is 18.2 Å². The van der Waals surface area contributed by atoms with Gasteiger partial charge in [0.1, 0.15) is 0 Å². The Morgan fingerprint density at radius 1 is 0.971 bits per heavy atom. The number of carbonyl (C=O) groups excluding carboxylic acids is 2. The van der Waals surface area contributed by atoms with Crippen LogP contribution in [0, 0.1) is 0 Å². The van der Waals surface area contributed by atoms with Crippen LogP contribution in [-0.2, 0) is 14.6 Å². The van der Waals surface area contributed by atoms with Gasteiger partial charge < -0.3 is 15.5 Å². The van der Waals surface area contributed by atoms with Crippen LogP contribution in [0.3, 0.4) is 0 Å². The number of anilines is 1. The van der Waals surface area contributed by atoms with Gasteiger partial charge in [0.2, 0.25) is 6.08 Å². The van der Waals surface area contributed by atoms with Crippen LogP contribution in [0.15, 0.2) is 62.5 Å². The number of halogens is 2. The molecule has 4 rings (SSSR count). The van der Waals surface area contributed by atoms with E-state index in [9.17, 15) is 18.0 Å². The minimum Gasteiger partial charge on any atom is -0.322 e. The van der Waals surface area contributed by atoms with Gasteiger partial charge in [-0.3, -0.25) is 0 Å². The number of rotatable bonds is 2. The summed E-state index contributed by atoms with van der Waals surface area (Å²) in [6, 6.07) is 14.1. The quantitative estimate of drug-likeness (QED) is 0.335. The monoisotopic (exact) mass is 630 g/mol. The summed E-state index contributed by atoms with van der Waals surface area (Å²) in [6.07, 6.45) is 5.68. The lowest BCUT2D eigenvalue weighted by Gasteiger charge is -2.26. The molecule has 2 amide bonds.